The maximum Gasteiger partial charge on any atom is 0.170 e. The lowest BCUT2D eigenvalue weighted by molar-refractivity contribution is -0.119. The second-order valence-electron chi connectivity index (χ2n) is 4.30. The number of hydrogen-bond donors (Lipinski definition) is 0. The van der Waals surface area contributed by atoms with Gasteiger partial charge in [-0.05, 0) is 43.5 Å². The molecule has 1 fully saturated rings. The van der Waals surface area contributed by atoms with Crippen LogP contribution in [0.25, 0.3) is 0 Å². The minimum atomic E-state index is -0.0916. The summed E-state index contributed by atoms with van der Waals surface area (Å²) in [5.41, 5.74) is 1.44. The second kappa shape index (κ2) is 4.38. The van der Waals surface area contributed by atoms with Crippen LogP contribution >= 0.6 is 11.6 Å². The molecule has 84 valence electrons. The third kappa shape index (κ3) is 2.50. The highest BCUT2D eigenvalue weighted by molar-refractivity contribution is 6.30. The molecule has 0 N–H and O–H groups in total. The Morgan fingerprint density at radius 3 is 2.62 bits per heavy atom. The van der Waals surface area contributed by atoms with Crippen molar-refractivity contribution in [3.05, 3.63) is 34.3 Å². The summed E-state index contributed by atoms with van der Waals surface area (Å²) in [5, 5.41) is 0.613. The zero-order chi connectivity index (χ0) is 11.7. The van der Waals surface area contributed by atoms with E-state index in [1.807, 2.05) is 6.92 Å². The molecular formula is C13H13ClO2. The number of carbonyl (C=O) groups is 2. The fraction of sp³-hybridized carbons (Fsp3) is 0.385. The summed E-state index contributed by atoms with van der Waals surface area (Å²) in [6.07, 6.45) is 1.94. The highest BCUT2D eigenvalue weighted by Crippen LogP contribution is 2.31. The Hall–Kier alpha value is -1.15. The average Bonchev–Trinajstić information content (AvgIpc) is 2.99. The van der Waals surface area contributed by atoms with Crippen molar-refractivity contribution in [1.29, 1.82) is 0 Å². The van der Waals surface area contributed by atoms with Crippen LogP contribution in [-0.2, 0) is 4.79 Å². The number of hydrogen-bond acceptors (Lipinski definition) is 2. The fourth-order valence-electron chi connectivity index (χ4n) is 1.74. The van der Waals surface area contributed by atoms with Gasteiger partial charge in [0.1, 0.15) is 5.78 Å². The lowest BCUT2D eigenvalue weighted by Crippen LogP contribution is -2.10. The van der Waals surface area contributed by atoms with Crippen LogP contribution in [0, 0.1) is 12.8 Å². The number of benzene rings is 1. The average molecular weight is 237 g/mol. The molecule has 1 saturated carbocycles. The van der Waals surface area contributed by atoms with Gasteiger partial charge in [0, 0.05) is 16.5 Å². The first-order valence-electron chi connectivity index (χ1n) is 5.40. The van der Waals surface area contributed by atoms with Gasteiger partial charge in [0.05, 0.1) is 6.42 Å². The van der Waals surface area contributed by atoms with E-state index in [9.17, 15) is 9.59 Å². The first-order chi connectivity index (χ1) is 7.58. The largest absolute Gasteiger partial charge is 0.299 e. The van der Waals surface area contributed by atoms with Crippen LogP contribution in [0.5, 0.6) is 0 Å². The number of rotatable bonds is 4. The van der Waals surface area contributed by atoms with E-state index in [0.717, 1.165) is 18.4 Å². The number of carbonyl (C=O) groups excluding carboxylic acids is 2. The molecule has 16 heavy (non-hydrogen) atoms. The molecule has 1 aliphatic carbocycles. The molecule has 1 aromatic rings. The first kappa shape index (κ1) is 11.3. The van der Waals surface area contributed by atoms with Gasteiger partial charge in [-0.2, -0.15) is 0 Å². The van der Waals surface area contributed by atoms with Gasteiger partial charge in [-0.3, -0.25) is 9.59 Å². The molecule has 2 rings (SSSR count). The van der Waals surface area contributed by atoms with E-state index in [1.165, 1.54) is 0 Å². The molecular weight excluding hydrogens is 224 g/mol. The molecule has 3 heteroatoms. The molecule has 0 aliphatic heterocycles. The number of ketones is 2. The van der Waals surface area contributed by atoms with E-state index in [-0.39, 0.29) is 23.9 Å². The molecule has 0 saturated heterocycles. The lowest BCUT2D eigenvalue weighted by Gasteiger charge is -2.04. The van der Waals surface area contributed by atoms with Crippen LogP contribution in [0.15, 0.2) is 18.2 Å². The lowest BCUT2D eigenvalue weighted by atomic mass is 10.00. The SMILES string of the molecule is Cc1cc(Cl)ccc1C(=O)CC(=O)C1CC1. The summed E-state index contributed by atoms with van der Waals surface area (Å²) in [4.78, 5) is 23.4. The van der Waals surface area contributed by atoms with E-state index >= 15 is 0 Å². The van der Waals surface area contributed by atoms with Crippen LogP contribution < -0.4 is 0 Å². The fourth-order valence-corrected chi connectivity index (χ4v) is 1.97. The van der Waals surface area contributed by atoms with Crippen molar-refractivity contribution in [3.63, 3.8) is 0 Å². The third-order valence-electron chi connectivity index (χ3n) is 2.86. The van der Waals surface area contributed by atoms with E-state index in [2.05, 4.69) is 0 Å². The van der Waals surface area contributed by atoms with Crippen molar-refractivity contribution in [2.24, 2.45) is 5.92 Å². The topological polar surface area (TPSA) is 34.1 Å². The van der Waals surface area contributed by atoms with Gasteiger partial charge in [0.15, 0.2) is 5.78 Å². The predicted molar refractivity (Wildman–Crippen MR) is 62.9 cm³/mol. The zero-order valence-electron chi connectivity index (χ0n) is 9.13. The van der Waals surface area contributed by atoms with Gasteiger partial charge in [-0.25, -0.2) is 0 Å². The molecule has 1 aliphatic rings. The van der Waals surface area contributed by atoms with Crippen molar-refractivity contribution < 1.29 is 9.59 Å². The Morgan fingerprint density at radius 2 is 2.06 bits per heavy atom. The summed E-state index contributed by atoms with van der Waals surface area (Å²) in [6, 6.07) is 5.12. The molecule has 1 aromatic carbocycles. The summed E-state index contributed by atoms with van der Waals surface area (Å²) >= 11 is 5.81. The Bertz CT molecular complexity index is 447. The van der Waals surface area contributed by atoms with Crippen LogP contribution in [0.4, 0.5) is 0 Å². The van der Waals surface area contributed by atoms with Gasteiger partial charge in [-0.15, -0.1) is 0 Å². The summed E-state index contributed by atoms with van der Waals surface area (Å²) in [6.45, 7) is 1.83. The maximum absolute atomic E-state index is 11.9. The summed E-state index contributed by atoms with van der Waals surface area (Å²) in [5.74, 6) is 0.141. The van der Waals surface area contributed by atoms with Gasteiger partial charge < -0.3 is 0 Å². The minimum Gasteiger partial charge on any atom is -0.299 e. The van der Waals surface area contributed by atoms with Crippen LogP contribution in [0.1, 0.15) is 35.2 Å². The quantitative estimate of drug-likeness (QED) is 0.594. The van der Waals surface area contributed by atoms with Crippen molar-refractivity contribution in [2.45, 2.75) is 26.2 Å². The standard InChI is InChI=1S/C13H13ClO2/c1-8-6-10(14)4-5-11(8)13(16)7-12(15)9-2-3-9/h4-6,9H,2-3,7H2,1H3. The highest BCUT2D eigenvalue weighted by atomic mass is 35.5. The van der Waals surface area contributed by atoms with Gasteiger partial charge in [-0.1, -0.05) is 11.6 Å². The van der Waals surface area contributed by atoms with E-state index in [1.54, 1.807) is 18.2 Å². The second-order valence-corrected chi connectivity index (χ2v) is 4.74. The monoisotopic (exact) mass is 236 g/mol. The van der Waals surface area contributed by atoms with Gasteiger partial charge >= 0.3 is 0 Å². The van der Waals surface area contributed by atoms with E-state index < -0.39 is 0 Å². The van der Waals surface area contributed by atoms with Crippen molar-refractivity contribution in [2.75, 3.05) is 0 Å². The predicted octanol–water partition coefficient (Wildman–Crippen LogP) is 3.20. The van der Waals surface area contributed by atoms with Gasteiger partial charge in [0.25, 0.3) is 0 Å². The first-order valence-corrected chi connectivity index (χ1v) is 5.78. The molecule has 0 heterocycles. The molecule has 0 bridgehead atoms. The molecule has 0 unspecified atom stereocenters. The molecule has 0 aromatic heterocycles. The van der Waals surface area contributed by atoms with Gasteiger partial charge in [0.2, 0.25) is 0 Å². The molecule has 2 nitrogen and oxygen atoms in total. The zero-order valence-corrected chi connectivity index (χ0v) is 9.88. The van der Waals surface area contributed by atoms with E-state index in [4.69, 9.17) is 11.6 Å². The van der Waals surface area contributed by atoms with Crippen molar-refractivity contribution >= 4 is 23.2 Å². The van der Waals surface area contributed by atoms with Crippen LogP contribution in [-0.4, -0.2) is 11.6 Å². The summed E-state index contributed by atoms with van der Waals surface area (Å²) in [7, 11) is 0. The highest BCUT2D eigenvalue weighted by Gasteiger charge is 2.30. The number of halogens is 1. The molecule has 0 amide bonds. The number of aryl methyl sites for hydroxylation is 1. The summed E-state index contributed by atoms with van der Waals surface area (Å²) < 4.78 is 0. The van der Waals surface area contributed by atoms with Crippen LogP contribution in [0.3, 0.4) is 0 Å². The maximum atomic E-state index is 11.9. The Labute approximate surface area is 99.6 Å². The molecule has 0 atom stereocenters. The molecule has 0 spiro atoms. The van der Waals surface area contributed by atoms with Crippen molar-refractivity contribution in [3.8, 4) is 0 Å². The Morgan fingerprint density at radius 1 is 1.38 bits per heavy atom. The Balaban J connectivity index is 2.10. The smallest absolute Gasteiger partial charge is 0.170 e. The third-order valence-corrected chi connectivity index (χ3v) is 3.09. The molecule has 0 radical (unpaired) electrons. The van der Waals surface area contributed by atoms with Crippen LogP contribution in [0.2, 0.25) is 5.02 Å². The van der Waals surface area contributed by atoms with E-state index in [0.29, 0.717) is 10.6 Å². The minimum absolute atomic E-state index is 0.0349. The Kier molecular flexibility index (Phi) is 3.10. The number of Topliss-reactive ketones (excluding diaryl/α,β-unsaturated/α-hetero) is 2. The van der Waals surface area contributed by atoms with Crippen molar-refractivity contribution in [1.82, 2.24) is 0 Å². The normalized spacial score (nSPS) is 14.9.